The van der Waals surface area contributed by atoms with Crippen molar-refractivity contribution in [2.24, 2.45) is 0 Å². The normalized spacial score (nSPS) is 15.2. The summed E-state index contributed by atoms with van der Waals surface area (Å²) in [5.74, 6) is -1.25. The second-order valence-electron chi connectivity index (χ2n) is 7.42. The fraction of sp³-hybridized carbons (Fsp3) is 0.318. The minimum atomic E-state index is -3.92. The fourth-order valence-electron chi connectivity index (χ4n) is 3.59. The molecule has 0 unspecified atom stereocenters. The molecule has 3 amide bonds. The summed E-state index contributed by atoms with van der Waals surface area (Å²) in [5.41, 5.74) is 0.893. The van der Waals surface area contributed by atoms with Gasteiger partial charge in [-0.25, -0.2) is 12.7 Å². The molecule has 0 bridgehead atoms. The Hall–Kier alpha value is -2.91. The van der Waals surface area contributed by atoms with E-state index in [-0.39, 0.29) is 48.2 Å². The Morgan fingerprint density at radius 3 is 2.53 bits per heavy atom. The molecule has 3 rings (SSSR count). The lowest BCUT2D eigenvalue weighted by Crippen LogP contribution is -2.46. The first kappa shape index (κ1) is 23.7. The van der Waals surface area contributed by atoms with Crippen molar-refractivity contribution in [1.29, 1.82) is 0 Å². The number of halogens is 1. The summed E-state index contributed by atoms with van der Waals surface area (Å²) in [6.07, 6.45) is 0.0991. The monoisotopic (exact) mass is 477 g/mol. The highest BCUT2D eigenvalue weighted by atomic mass is 35.5. The number of nitrogens with zero attached hydrogens (tertiary/aromatic N) is 2. The molecule has 0 fully saturated rings. The quantitative estimate of drug-likeness (QED) is 0.628. The Morgan fingerprint density at radius 2 is 1.88 bits per heavy atom. The van der Waals surface area contributed by atoms with E-state index in [1.54, 1.807) is 43.3 Å². The number of rotatable bonds is 8. The van der Waals surface area contributed by atoms with E-state index in [0.717, 1.165) is 9.87 Å². The largest absolute Gasteiger partial charge is 0.357 e. The van der Waals surface area contributed by atoms with Crippen LogP contribution in [0.15, 0.2) is 53.4 Å². The molecule has 0 aliphatic carbocycles. The molecule has 10 heteroatoms. The van der Waals surface area contributed by atoms with Crippen LogP contribution in [0.3, 0.4) is 0 Å². The number of amides is 3. The fourth-order valence-corrected chi connectivity index (χ4v) is 5.41. The maximum absolute atomic E-state index is 13.0. The van der Waals surface area contributed by atoms with Gasteiger partial charge in [0.05, 0.1) is 5.56 Å². The van der Waals surface area contributed by atoms with E-state index >= 15 is 0 Å². The number of benzene rings is 2. The predicted molar refractivity (Wildman–Crippen MR) is 119 cm³/mol. The maximum atomic E-state index is 13.0. The topological polar surface area (TPSA) is 104 Å². The second-order valence-corrected chi connectivity index (χ2v) is 9.69. The molecule has 1 aliphatic heterocycles. The lowest BCUT2D eigenvalue weighted by molar-refractivity contribution is -0.140. The van der Waals surface area contributed by atoms with E-state index in [4.69, 9.17) is 11.6 Å². The summed E-state index contributed by atoms with van der Waals surface area (Å²) in [7, 11) is -2.43. The molecule has 8 nitrogen and oxygen atoms in total. The molecule has 0 aromatic heterocycles. The highest BCUT2D eigenvalue weighted by Crippen LogP contribution is 2.30. The van der Waals surface area contributed by atoms with Gasteiger partial charge < -0.3 is 10.2 Å². The first-order chi connectivity index (χ1) is 15.2. The van der Waals surface area contributed by atoms with Crippen LogP contribution in [0.4, 0.5) is 0 Å². The summed E-state index contributed by atoms with van der Waals surface area (Å²) in [5, 5.41) is 3.05. The van der Waals surface area contributed by atoms with E-state index in [1.165, 1.54) is 24.1 Å². The SMILES string of the molecule is CNC(=O)[C@@H](C)N(Cc1cccc(Cl)c1)C(=O)CCCN1C(=O)c2ccccc2S1(=O)=O. The van der Waals surface area contributed by atoms with Gasteiger partial charge in [0.25, 0.3) is 15.9 Å². The van der Waals surface area contributed by atoms with Crippen LogP contribution in [0.1, 0.15) is 35.7 Å². The van der Waals surface area contributed by atoms with Crippen LogP contribution in [0.25, 0.3) is 0 Å². The van der Waals surface area contributed by atoms with E-state index in [9.17, 15) is 22.8 Å². The standard InChI is InChI=1S/C22H24ClN3O5S/c1-15(21(28)24-2)25(14-16-7-5-8-17(23)13-16)20(27)11-6-12-26-22(29)18-9-3-4-10-19(18)32(26,30)31/h3-5,7-10,13,15H,6,11-12,14H2,1-2H3,(H,24,28)/t15-/m1/s1. The third-order valence-electron chi connectivity index (χ3n) is 5.32. The average Bonchev–Trinajstić information content (AvgIpc) is 2.97. The molecular formula is C22H24ClN3O5S. The summed E-state index contributed by atoms with van der Waals surface area (Å²) < 4.78 is 26.1. The number of fused-ring (bicyclic) bond motifs is 1. The van der Waals surface area contributed by atoms with Gasteiger partial charge in [0.1, 0.15) is 10.9 Å². The van der Waals surface area contributed by atoms with E-state index in [2.05, 4.69) is 5.32 Å². The minimum absolute atomic E-state index is 0.0212. The maximum Gasteiger partial charge on any atom is 0.269 e. The Morgan fingerprint density at radius 1 is 1.16 bits per heavy atom. The Kier molecular flexibility index (Phi) is 7.20. The molecule has 1 atom stereocenters. The van der Waals surface area contributed by atoms with Crippen LogP contribution in [0.5, 0.6) is 0 Å². The second kappa shape index (κ2) is 9.70. The van der Waals surface area contributed by atoms with Gasteiger partial charge in [-0.15, -0.1) is 0 Å². The van der Waals surface area contributed by atoms with Gasteiger partial charge in [0.2, 0.25) is 11.8 Å². The average molecular weight is 478 g/mol. The third-order valence-corrected chi connectivity index (χ3v) is 7.40. The summed E-state index contributed by atoms with van der Waals surface area (Å²) in [4.78, 5) is 39.1. The van der Waals surface area contributed by atoms with Crippen molar-refractivity contribution < 1.29 is 22.8 Å². The van der Waals surface area contributed by atoms with Crippen LogP contribution in [-0.2, 0) is 26.2 Å². The lowest BCUT2D eigenvalue weighted by Gasteiger charge is -2.28. The summed E-state index contributed by atoms with van der Waals surface area (Å²) >= 11 is 6.04. The van der Waals surface area contributed by atoms with Gasteiger partial charge in [-0.1, -0.05) is 35.9 Å². The molecule has 2 aromatic rings. The van der Waals surface area contributed by atoms with Crippen LogP contribution in [-0.4, -0.2) is 55.0 Å². The number of likely N-dealkylation sites (N-methyl/N-ethyl adjacent to an activating group) is 1. The number of hydrogen-bond acceptors (Lipinski definition) is 5. The zero-order valence-corrected chi connectivity index (χ0v) is 19.3. The molecule has 0 spiro atoms. The molecule has 0 saturated carbocycles. The first-order valence-corrected chi connectivity index (χ1v) is 11.9. The van der Waals surface area contributed by atoms with Crippen molar-refractivity contribution in [3.05, 3.63) is 64.7 Å². The first-order valence-electron chi connectivity index (χ1n) is 10.1. The molecule has 1 N–H and O–H groups in total. The van der Waals surface area contributed by atoms with Crippen molar-refractivity contribution >= 4 is 39.3 Å². The van der Waals surface area contributed by atoms with Gasteiger partial charge in [-0.2, -0.15) is 0 Å². The van der Waals surface area contributed by atoms with Gasteiger partial charge in [-0.3, -0.25) is 14.4 Å². The molecule has 0 saturated heterocycles. The molecule has 1 aliphatic rings. The predicted octanol–water partition coefficient (Wildman–Crippen LogP) is 2.43. The van der Waals surface area contributed by atoms with Gasteiger partial charge in [0.15, 0.2) is 0 Å². The van der Waals surface area contributed by atoms with Gasteiger partial charge >= 0.3 is 0 Å². The zero-order valence-electron chi connectivity index (χ0n) is 17.7. The molecule has 32 heavy (non-hydrogen) atoms. The number of carbonyl (C=O) groups is 3. The zero-order chi connectivity index (χ0) is 23.5. The minimum Gasteiger partial charge on any atom is -0.357 e. The Bertz CT molecular complexity index is 1150. The third kappa shape index (κ3) is 4.78. The number of hydrogen-bond donors (Lipinski definition) is 1. The van der Waals surface area contributed by atoms with Gasteiger partial charge in [0, 0.05) is 31.6 Å². The van der Waals surface area contributed by atoms with Crippen molar-refractivity contribution in [3.63, 3.8) is 0 Å². The number of nitrogens with one attached hydrogen (secondary N) is 1. The van der Waals surface area contributed by atoms with Crippen molar-refractivity contribution in [3.8, 4) is 0 Å². The number of carbonyl (C=O) groups excluding carboxylic acids is 3. The van der Waals surface area contributed by atoms with Gasteiger partial charge in [-0.05, 0) is 43.2 Å². The van der Waals surface area contributed by atoms with Crippen molar-refractivity contribution in [2.45, 2.75) is 37.2 Å². The molecule has 2 aromatic carbocycles. The molecular weight excluding hydrogens is 454 g/mol. The smallest absolute Gasteiger partial charge is 0.269 e. The molecule has 1 heterocycles. The van der Waals surface area contributed by atoms with Crippen LogP contribution < -0.4 is 5.32 Å². The molecule has 0 radical (unpaired) electrons. The highest BCUT2D eigenvalue weighted by molar-refractivity contribution is 7.90. The lowest BCUT2D eigenvalue weighted by atomic mass is 10.1. The Balaban J connectivity index is 1.70. The summed E-state index contributed by atoms with van der Waals surface area (Å²) in [6, 6.07) is 12.3. The number of sulfonamides is 1. The highest BCUT2D eigenvalue weighted by Gasteiger charge is 2.40. The van der Waals surface area contributed by atoms with E-state index < -0.39 is 22.0 Å². The summed E-state index contributed by atoms with van der Waals surface area (Å²) in [6.45, 7) is 1.66. The Labute approximate surface area is 192 Å². The van der Waals surface area contributed by atoms with E-state index in [0.29, 0.717) is 5.02 Å². The van der Waals surface area contributed by atoms with Crippen LogP contribution >= 0.6 is 11.6 Å². The van der Waals surface area contributed by atoms with E-state index in [1.807, 2.05) is 0 Å². The van der Waals surface area contributed by atoms with Crippen molar-refractivity contribution in [2.75, 3.05) is 13.6 Å². The van der Waals surface area contributed by atoms with Crippen LogP contribution in [0.2, 0.25) is 5.02 Å². The van der Waals surface area contributed by atoms with Crippen LogP contribution in [0, 0.1) is 0 Å². The van der Waals surface area contributed by atoms with Crippen molar-refractivity contribution in [1.82, 2.24) is 14.5 Å². The molecule has 170 valence electrons.